The van der Waals surface area contributed by atoms with Gasteiger partial charge in [-0.1, -0.05) is 10.4 Å². The molecule has 0 aromatic carbocycles. The first-order valence-electron chi connectivity index (χ1n) is 7.88. The van der Waals surface area contributed by atoms with E-state index in [1.807, 2.05) is 18.6 Å². The van der Waals surface area contributed by atoms with E-state index in [1.54, 1.807) is 15.9 Å². The second-order valence-corrected chi connectivity index (χ2v) is 5.72. The van der Waals surface area contributed by atoms with E-state index >= 15 is 0 Å². The summed E-state index contributed by atoms with van der Waals surface area (Å²) in [7, 11) is 1.63. The van der Waals surface area contributed by atoms with Gasteiger partial charge in [0.25, 0.3) is 0 Å². The lowest BCUT2D eigenvalue weighted by Crippen LogP contribution is -2.12. The van der Waals surface area contributed by atoms with Gasteiger partial charge >= 0.3 is 0 Å². The van der Waals surface area contributed by atoms with Crippen LogP contribution >= 0.6 is 11.9 Å². The molecule has 0 N–H and O–H groups in total. The van der Waals surface area contributed by atoms with Crippen molar-refractivity contribution in [2.75, 3.05) is 46.4 Å². The fourth-order valence-electron chi connectivity index (χ4n) is 1.87. The molecule has 2 rings (SSSR count). The van der Waals surface area contributed by atoms with Crippen molar-refractivity contribution in [3.63, 3.8) is 0 Å². The lowest BCUT2D eigenvalue weighted by atomic mass is 10.5. The van der Waals surface area contributed by atoms with Crippen LogP contribution in [0.3, 0.4) is 0 Å². The van der Waals surface area contributed by atoms with Gasteiger partial charge in [-0.25, -0.2) is 4.68 Å². The number of hydrogen-bond acceptors (Lipinski definition) is 9. The average Bonchev–Trinajstić information content (AvgIpc) is 3.26. The summed E-state index contributed by atoms with van der Waals surface area (Å²) in [6.07, 6.45) is 5.62. The summed E-state index contributed by atoms with van der Waals surface area (Å²) in [5.41, 5.74) is 1.61. The first-order valence-corrected chi connectivity index (χ1v) is 9.07. The molecule has 0 radical (unpaired) electrons. The van der Waals surface area contributed by atoms with E-state index < -0.39 is 0 Å². The molecule has 0 bridgehead atoms. The lowest BCUT2D eigenvalue weighted by Gasteiger charge is -2.06. The van der Waals surface area contributed by atoms with Crippen molar-refractivity contribution in [1.29, 1.82) is 0 Å². The van der Waals surface area contributed by atoms with Gasteiger partial charge in [-0.2, -0.15) is 4.09 Å². The maximum absolute atomic E-state index is 5.49. The van der Waals surface area contributed by atoms with Gasteiger partial charge in [0.1, 0.15) is 11.4 Å². The number of ether oxygens (including phenoxy) is 4. The Balaban J connectivity index is 1.39. The monoisotopic (exact) mass is 372 g/mol. The van der Waals surface area contributed by atoms with E-state index in [9.17, 15) is 0 Å². The molecule has 25 heavy (non-hydrogen) atoms. The number of hydrogen-bond donors (Lipinski definition) is 0. The van der Waals surface area contributed by atoms with E-state index in [4.69, 9.17) is 18.9 Å². The van der Waals surface area contributed by atoms with Gasteiger partial charge in [-0.15, -0.1) is 10.2 Å². The third-order valence-electron chi connectivity index (χ3n) is 3.04. The van der Waals surface area contributed by atoms with Crippen LogP contribution in [0.1, 0.15) is 11.4 Å². The van der Waals surface area contributed by atoms with Crippen molar-refractivity contribution in [1.82, 2.24) is 29.4 Å². The molecule has 0 saturated heterocycles. The zero-order valence-corrected chi connectivity index (χ0v) is 15.4. The van der Waals surface area contributed by atoms with Crippen molar-refractivity contribution in [2.24, 2.45) is 0 Å². The number of methoxy groups -OCH3 is 1. The van der Waals surface area contributed by atoms with Crippen LogP contribution in [0, 0.1) is 0 Å². The molecule has 0 atom stereocenters. The van der Waals surface area contributed by atoms with Crippen molar-refractivity contribution in [3.05, 3.63) is 23.8 Å². The molecule has 0 aliphatic heterocycles. The fourth-order valence-corrected chi connectivity index (χ4v) is 2.21. The van der Waals surface area contributed by atoms with E-state index in [2.05, 4.69) is 20.6 Å². The minimum atomic E-state index is 0.434. The standard InChI is InChI=1S/C14H24N6O4S/c1-21-11-13-9-19(17-15-13)3-4-22-5-6-23-7-8-24-12-14-10-20(25-2)18-16-14/h9-10H,3-8,11-12H2,1-2H3. The van der Waals surface area contributed by atoms with Crippen LogP contribution in [0.15, 0.2) is 12.4 Å². The normalized spacial score (nSPS) is 11.3. The number of rotatable bonds is 14. The van der Waals surface area contributed by atoms with Gasteiger partial charge in [-0.05, 0) is 11.9 Å². The third kappa shape index (κ3) is 7.92. The van der Waals surface area contributed by atoms with E-state index in [0.717, 1.165) is 11.4 Å². The van der Waals surface area contributed by atoms with Gasteiger partial charge < -0.3 is 18.9 Å². The molecule has 0 spiro atoms. The first-order chi connectivity index (χ1) is 12.3. The molecule has 0 saturated carbocycles. The summed E-state index contributed by atoms with van der Waals surface area (Å²) in [5, 5.41) is 15.8. The Kier molecular flexibility index (Phi) is 9.44. The Hall–Kier alpha value is -1.53. The summed E-state index contributed by atoms with van der Waals surface area (Å²) in [6, 6.07) is 0. The molecule has 0 aliphatic carbocycles. The van der Waals surface area contributed by atoms with E-state index in [1.165, 1.54) is 11.9 Å². The molecule has 0 aliphatic rings. The quantitative estimate of drug-likeness (QED) is 0.436. The van der Waals surface area contributed by atoms with Gasteiger partial charge in [-0.3, -0.25) is 0 Å². The summed E-state index contributed by atoms with van der Waals surface area (Å²) in [6.45, 7) is 4.18. The largest absolute Gasteiger partial charge is 0.378 e. The minimum absolute atomic E-state index is 0.434. The predicted molar refractivity (Wildman–Crippen MR) is 91.0 cm³/mol. The highest BCUT2D eigenvalue weighted by atomic mass is 32.2. The summed E-state index contributed by atoms with van der Waals surface area (Å²) in [5.74, 6) is 0. The molecule has 0 unspecified atom stereocenters. The molecular weight excluding hydrogens is 348 g/mol. The van der Waals surface area contributed by atoms with Gasteiger partial charge in [0.15, 0.2) is 0 Å². The lowest BCUT2D eigenvalue weighted by molar-refractivity contribution is 0.00844. The molecule has 0 fully saturated rings. The number of nitrogens with zero attached hydrogens (tertiary/aromatic N) is 6. The minimum Gasteiger partial charge on any atom is -0.378 e. The molecule has 0 amide bonds. The smallest absolute Gasteiger partial charge is 0.109 e. The zero-order valence-electron chi connectivity index (χ0n) is 14.5. The maximum atomic E-state index is 5.49. The second kappa shape index (κ2) is 11.9. The van der Waals surface area contributed by atoms with Crippen LogP contribution in [0.2, 0.25) is 0 Å². The molecule has 140 valence electrons. The topological polar surface area (TPSA) is 98.3 Å². The molecule has 2 heterocycles. The van der Waals surface area contributed by atoms with Crippen LogP contribution in [0.25, 0.3) is 0 Å². The average molecular weight is 372 g/mol. The molecule has 11 heteroatoms. The zero-order chi connectivity index (χ0) is 17.7. The predicted octanol–water partition coefficient (Wildman–Crippen LogP) is 0.392. The van der Waals surface area contributed by atoms with Crippen molar-refractivity contribution in [2.45, 2.75) is 19.8 Å². The number of aromatic nitrogens is 6. The van der Waals surface area contributed by atoms with Crippen LogP contribution in [-0.4, -0.2) is 75.8 Å². The Morgan fingerprint density at radius 2 is 1.56 bits per heavy atom. The van der Waals surface area contributed by atoms with E-state index in [-0.39, 0.29) is 0 Å². The van der Waals surface area contributed by atoms with Crippen LogP contribution in [-0.2, 0) is 38.7 Å². The van der Waals surface area contributed by atoms with Crippen LogP contribution in [0.4, 0.5) is 0 Å². The Morgan fingerprint density at radius 3 is 2.28 bits per heavy atom. The van der Waals surface area contributed by atoms with Gasteiger partial charge in [0, 0.05) is 13.4 Å². The van der Waals surface area contributed by atoms with Crippen LogP contribution in [0.5, 0.6) is 0 Å². The fraction of sp³-hybridized carbons (Fsp3) is 0.714. The molecule has 10 nitrogen and oxygen atoms in total. The SMILES string of the molecule is COCc1cn(CCOCCOCCOCc2cn(SC)nn2)nn1. The third-order valence-corrected chi connectivity index (χ3v) is 3.60. The molecular formula is C14H24N6O4S. The molecule has 2 aromatic rings. The Labute approximate surface area is 150 Å². The summed E-state index contributed by atoms with van der Waals surface area (Å²) in [4.78, 5) is 0. The second-order valence-electron chi connectivity index (χ2n) is 4.98. The molecule has 2 aromatic heterocycles. The first kappa shape index (κ1) is 19.8. The van der Waals surface area contributed by atoms with Gasteiger partial charge in [0.05, 0.1) is 65.2 Å². The Bertz CT molecular complexity index is 593. The van der Waals surface area contributed by atoms with Crippen molar-refractivity contribution >= 4 is 11.9 Å². The highest BCUT2D eigenvalue weighted by Crippen LogP contribution is 2.01. The van der Waals surface area contributed by atoms with E-state index in [0.29, 0.717) is 52.8 Å². The van der Waals surface area contributed by atoms with Crippen LogP contribution < -0.4 is 0 Å². The Morgan fingerprint density at radius 1 is 0.880 bits per heavy atom. The maximum Gasteiger partial charge on any atom is 0.109 e. The summed E-state index contributed by atoms with van der Waals surface area (Å²) < 4.78 is 24.8. The highest BCUT2D eigenvalue weighted by Gasteiger charge is 2.01. The highest BCUT2D eigenvalue weighted by molar-refractivity contribution is 7.97. The van der Waals surface area contributed by atoms with Gasteiger partial charge in [0.2, 0.25) is 0 Å². The van der Waals surface area contributed by atoms with Crippen molar-refractivity contribution in [3.8, 4) is 0 Å². The summed E-state index contributed by atoms with van der Waals surface area (Å²) >= 11 is 1.48. The van der Waals surface area contributed by atoms with Crippen molar-refractivity contribution < 1.29 is 18.9 Å².